The molecule has 2 rings (SSSR count). The van der Waals surface area contributed by atoms with Crippen molar-refractivity contribution in [2.45, 2.75) is 52.1 Å². The number of carbonyl (C=O) groups is 1. The molecule has 0 aliphatic heterocycles. The van der Waals surface area contributed by atoms with Crippen LogP contribution >= 0.6 is 0 Å². The standard InChI is InChI=1S/C17H25FN2O2/c1-15(2,3)22-14(21)20-11-6-7-12(13(18)8-11)17(10-19)9-16(17,4)5/h6-8H,9-10,19H2,1-5H3,(H,20,21). The van der Waals surface area contributed by atoms with E-state index in [0.29, 0.717) is 17.8 Å². The topological polar surface area (TPSA) is 64.3 Å². The lowest BCUT2D eigenvalue weighted by Gasteiger charge is -2.21. The third-order valence-corrected chi connectivity index (χ3v) is 4.39. The molecule has 1 aromatic rings. The molecule has 1 fully saturated rings. The highest BCUT2D eigenvalue weighted by molar-refractivity contribution is 5.84. The van der Waals surface area contributed by atoms with E-state index in [1.807, 2.05) is 0 Å². The van der Waals surface area contributed by atoms with Gasteiger partial charge in [0.1, 0.15) is 11.4 Å². The summed E-state index contributed by atoms with van der Waals surface area (Å²) < 4.78 is 19.6. The maximum atomic E-state index is 14.5. The van der Waals surface area contributed by atoms with Crippen molar-refractivity contribution in [3.05, 3.63) is 29.6 Å². The number of anilines is 1. The van der Waals surface area contributed by atoms with Crippen molar-refractivity contribution in [3.8, 4) is 0 Å². The van der Waals surface area contributed by atoms with E-state index in [4.69, 9.17) is 10.5 Å². The zero-order valence-corrected chi connectivity index (χ0v) is 13.9. The molecule has 1 amide bonds. The van der Waals surface area contributed by atoms with E-state index in [2.05, 4.69) is 19.2 Å². The predicted molar refractivity (Wildman–Crippen MR) is 85.4 cm³/mol. The van der Waals surface area contributed by atoms with E-state index in [-0.39, 0.29) is 16.6 Å². The number of ether oxygens (including phenoxy) is 1. The first-order chi connectivity index (χ1) is 10.0. The van der Waals surface area contributed by atoms with E-state index < -0.39 is 11.7 Å². The Balaban J connectivity index is 2.16. The van der Waals surface area contributed by atoms with Gasteiger partial charge in [-0.2, -0.15) is 0 Å². The van der Waals surface area contributed by atoms with Crippen molar-refractivity contribution in [3.63, 3.8) is 0 Å². The number of nitrogens with two attached hydrogens (primary N) is 1. The molecule has 0 saturated heterocycles. The molecule has 122 valence electrons. The van der Waals surface area contributed by atoms with Crippen LogP contribution in [0.5, 0.6) is 0 Å². The second-order valence-corrected chi connectivity index (χ2v) is 7.67. The van der Waals surface area contributed by atoms with Crippen molar-refractivity contribution >= 4 is 11.8 Å². The van der Waals surface area contributed by atoms with Crippen LogP contribution in [0.2, 0.25) is 0 Å². The summed E-state index contributed by atoms with van der Waals surface area (Å²) in [6.45, 7) is 9.91. The normalized spacial score (nSPS) is 23.0. The number of hydrogen-bond acceptors (Lipinski definition) is 3. The Bertz CT molecular complexity index is 593. The third kappa shape index (κ3) is 3.09. The number of hydrogen-bond donors (Lipinski definition) is 2. The van der Waals surface area contributed by atoms with Gasteiger partial charge in [0.2, 0.25) is 0 Å². The van der Waals surface area contributed by atoms with Gasteiger partial charge in [-0.15, -0.1) is 0 Å². The van der Waals surface area contributed by atoms with Gasteiger partial charge in [-0.25, -0.2) is 9.18 Å². The minimum Gasteiger partial charge on any atom is -0.444 e. The van der Waals surface area contributed by atoms with Gasteiger partial charge >= 0.3 is 6.09 Å². The number of halogens is 1. The van der Waals surface area contributed by atoms with E-state index in [9.17, 15) is 9.18 Å². The van der Waals surface area contributed by atoms with Crippen molar-refractivity contribution in [2.75, 3.05) is 11.9 Å². The number of amides is 1. The van der Waals surface area contributed by atoms with Gasteiger partial charge in [0.25, 0.3) is 0 Å². The quantitative estimate of drug-likeness (QED) is 0.892. The maximum absolute atomic E-state index is 14.5. The zero-order valence-electron chi connectivity index (χ0n) is 13.9. The molecule has 5 heteroatoms. The number of rotatable bonds is 3. The molecule has 1 aliphatic carbocycles. The van der Waals surface area contributed by atoms with E-state index in [1.54, 1.807) is 32.9 Å². The van der Waals surface area contributed by atoms with Crippen molar-refractivity contribution < 1.29 is 13.9 Å². The van der Waals surface area contributed by atoms with Crippen LogP contribution in [0.3, 0.4) is 0 Å². The fraction of sp³-hybridized carbons (Fsp3) is 0.588. The van der Waals surface area contributed by atoms with Crippen molar-refractivity contribution in [1.82, 2.24) is 0 Å². The van der Waals surface area contributed by atoms with E-state index in [0.717, 1.165) is 6.42 Å². The second-order valence-electron chi connectivity index (χ2n) is 7.67. The Morgan fingerprint density at radius 2 is 2.00 bits per heavy atom. The smallest absolute Gasteiger partial charge is 0.412 e. The molecular weight excluding hydrogens is 283 g/mol. The summed E-state index contributed by atoms with van der Waals surface area (Å²) in [5, 5.41) is 2.54. The predicted octanol–water partition coefficient (Wildman–Crippen LogP) is 3.80. The first-order valence-corrected chi connectivity index (χ1v) is 7.51. The lowest BCUT2D eigenvalue weighted by Crippen LogP contribution is -2.28. The highest BCUT2D eigenvalue weighted by Gasteiger charge is 2.61. The van der Waals surface area contributed by atoms with Crippen LogP contribution in [0, 0.1) is 11.2 Å². The average Bonchev–Trinajstić information content (AvgIpc) is 2.90. The molecule has 0 spiro atoms. The molecular formula is C17H25FN2O2. The Morgan fingerprint density at radius 3 is 2.41 bits per heavy atom. The highest BCUT2D eigenvalue weighted by atomic mass is 19.1. The second kappa shape index (κ2) is 5.23. The Labute approximate surface area is 131 Å². The molecule has 22 heavy (non-hydrogen) atoms. The average molecular weight is 308 g/mol. The van der Waals surface area contributed by atoms with Crippen LogP contribution in [0.4, 0.5) is 14.9 Å². The van der Waals surface area contributed by atoms with Crippen LogP contribution in [0.1, 0.15) is 46.6 Å². The molecule has 4 nitrogen and oxygen atoms in total. The van der Waals surface area contributed by atoms with Gasteiger partial charge < -0.3 is 10.5 Å². The SMILES string of the molecule is CC(C)(C)OC(=O)Nc1ccc(C2(CN)CC2(C)C)c(F)c1. The Hall–Kier alpha value is -1.62. The first-order valence-electron chi connectivity index (χ1n) is 7.51. The number of nitrogens with one attached hydrogen (secondary N) is 1. The summed E-state index contributed by atoms with van der Waals surface area (Å²) in [7, 11) is 0. The Morgan fingerprint density at radius 1 is 1.41 bits per heavy atom. The van der Waals surface area contributed by atoms with Gasteiger partial charge in [-0.3, -0.25) is 5.32 Å². The summed E-state index contributed by atoms with van der Waals surface area (Å²) in [5.74, 6) is -0.343. The van der Waals surface area contributed by atoms with Crippen LogP contribution in [-0.2, 0) is 10.2 Å². The molecule has 1 atom stereocenters. The molecule has 1 aliphatic rings. The highest BCUT2D eigenvalue weighted by Crippen LogP contribution is 2.64. The lowest BCUT2D eigenvalue weighted by molar-refractivity contribution is 0.0636. The van der Waals surface area contributed by atoms with Gasteiger partial charge in [0, 0.05) is 17.6 Å². The fourth-order valence-corrected chi connectivity index (χ4v) is 3.03. The summed E-state index contributed by atoms with van der Waals surface area (Å²) in [6.07, 6.45) is 0.270. The molecule has 0 heterocycles. The minimum absolute atomic E-state index is 0.00268. The van der Waals surface area contributed by atoms with Crippen molar-refractivity contribution in [2.24, 2.45) is 11.1 Å². The van der Waals surface area contributed by atoms with Crippen LogP contribution in [0.15, 0.2) is 18.2 Å². The Kier molecular flexibility index (Phi) is 3.98. The molecule has 0 bridgehead atoms. The van der Waals surface area contributed by atoms with E-state index in [1.165, 1.54) is 6.07 Å². The van der Waals surface area contributed by atoms with Gasteiger partial charge in [-0.1, -0.05) is 19.9 Å². The first kappa shape index (κ1) is 16.7. The molecule has 1 saturated carbocycles. The molecule has 3 N–H and O–H groups in total. The van der Waals surface area contributed by atoms with Gasteiger partial charge in [0.15, 0.2) is 0 Å². The number of benzene rings is 1. The van der Waals surface area contributed by atoms with Gasteiger partial charge in [-0.05, 0) is 50.3 Å². The van der Waals surface area contributed by atoms with Crippen LogP contribution < -0.4 is 11.1 Å². The van der Waals surface area contributed by atoms with Crippen molar-refractivity contribution in [1.29, 1.82) is 0 Å². The zero-order chi connectivity index (χ0) is 16.8. The molecule has 1 unspecified atom stereocenters. The van der Waals surface area contributed by atoms with Gasteiger partial charge in [0.05, 0.1) is 0 Å². The summed E-state index contributed by atoms with van der Waals surface area (Å²) in [4.78, 5) is 11.7. The molecule has 0 radical (unpaired) electrons. The minimum atomic E-state index is -0.597. The summed E-state index contributed by atoms with van der Waals surface area (Å²) in [6, 6.07) is 4.73. The van der Waals surface area contributed by atoms with Crippen LogP contribution in [0.25, 0.3) is 0 Å². The number of carbonyl (C=O) groups excluding carboxylic acids is 1. The van der Waals surface area contributed by atoms with E-state index >= 15 is 0 Å². The largest absolute Gasteiger partial charge is 0.444 e. The molecule has 0 aromatic heterocycles. The summed E-state index contributed by atoms with van der Waals surface area (Å²) in [5.41, 5.74) is 5.98. The summed E-state index contributed by atoms with van der Waals surface area (Å²) >= 11 is 0. The monoisotopic (exact) mass is 308 g/mol. The lowest BCUT2D eigenvalue weighted by atomic mass is 9.87. The van der Waals surface area contributed by atoms with Crippen LogP contribution in [-0.4, -0.2) is 18.2 Å². The maximum Gasteiger partial charge on any atom is 0.412 e. The third-order valence-electron chi connectivity index (χ3n) is 4.39. The molecule has 1 aromatic carbocycles. The fourth-order valence-electron chi connectivity index (χ4n) is 3.03.